The monoisotopic (exact) mass is 357 g/mol. The molecule has 1 aromatic carbocycles. The summed E-state index contributed by atoms with van der Waals surface area (Å²) in [7, 11) is 0. The second kappa shape index (κ2) is 8.99. The van der Waals surface area contributed by atoms with Crippen LogP contribution in [0.4, 0.5) is 0 Å². The number of morpholine rings is 1. The van der Waals surface area contributed by atoms with Crippen LogP contribution in [0.2, 0.25) is 0 Å². The van der Waals surface area contributed by atoms with E-state index in [1.165, 1.54) is 0 Å². The normalized spacial score (nSPS) is 16.4. The van der Waals surface area contributed by atoms with Gasteiger partial charge in [-0.15, -0.1) is 11.8 Å². The van der Waals surface area contributed by atoms with E-state index in [0.29, 0.717) is 6.54 Å². The third-order valence-electron chi connectivity index (χ3n) is 4.38. The predicted molar refractivity (Wildman–Crippen MR) is 99.9 cm³/mol. The highest BCUT2D eigenvalue weighted by atomic mass is 32.2. The predicted octanol–water partition coefficient (Wildman–Crippen LogP) is 2.61. The molecule has 2 aromatic rings. The molecule has 1 aliphatic heterocycles. The van der Waals surface area contributed by atoms with Crippen molar-refractivity contribution in [2.24, 2.45) is 0 Å². The van der Waals surface area contributed by atoms with E-state index < -0.39 is 0 Å². The largest absolute Gasteiger partial charge is 0.379 e. The Hall–Kier alpha value is -1.89. The number of carbonyl (C=O) groups is 1. The summed E-state index contributed by atoms with van der Waals surface area (Å²) >= 11 is 1.59. The fourth-order valence-electron chi connectivity index (χ4n) is 3.05. The number of aromatic nitrogens is 1. The van der Waals surface area contributed by atoms with Crippen molar-refractivity contribution < 1.29 is 9.53 Å². The van der Waals surface area contributed by atoms with Crippen molar-refractivity contribution in [2.75, 3.05) is 39.1 Å². The van der Waals surface area contributed by atoms with Crippen LogP contribution in [0.15, 0.2) is 53.7 Å². The molecular weight excluding hydrogens is 334 g/mol. The quantitative estimate of drug-likeness (QED) is 0.806. The molecular formula is C19H23N3O2S. The van der Waals surface area contributed by atoms with Crippen LogP contribution in [0.1, 0.15) is 22.0 Å². The molecule has 1 amide bonds. The Morgan fingerprint density at radius 1 is 1.24 bits per heavy atom. The number of nitrogens with zero attached hydrogens (tertiary/aromatic N) is 2. The van der Waals surface area contributed by atoms with Crippen LogP contribution in [0.5, 0.6) is 0 Å². The smallest absolute Gasteiger partial charge is 0.252 e. The van der Waals surface area contributed by atoms with E-state index in [1.54, 1.807) is 24.2 Å². The summed E-state index contributed by atoms with van der Waals surface area (Å²) in [6.07, 6.45) is 5.58. The molecule has 1 aliphatic rings. The van der Waals surface area contributed by atoms with Gasteiger partial charge >= 0.3 is 0 Å². The van der Waals surface area contributed by atoms with Crippen molar-refractivity contribution in [2.45, 2.75) is 10.9 Å². The SMILES string of the molecule is CSc1ccccc1C(=O)NC[C@H](c1ccncc1)N1CCOCC1. The summed E-state index contributed by atoms with van der Waals surface area (Å²) in [4.78, 5) is 20.1. The van der Waals surface area contributed by atoms with E-state index >= 15 is 0 Å². The first kappa shape index (κ1) is 17.9. The minimum atomic E-state index is -0.0303. The fraction of sp³-hybridized carbons (Fsp3) is 0.368. The van der Waals surface area contributed by atoms with Gasteiger partial charge in [0.25, 0.3) is 5.91 Å². The van der Waals surface area contributed by atoms with Gasteiger partial charge in [0.05, 0.1) is 24.8 Å². The van der Waals surface area contributed by atoms with Crippen LogP contribution in [-0.2, 0) is 4.74 Å². The van der Waals surface area contributed by atoms with Gasteiger partial charge in [0.2, 0.25) is 0 Å². The highest BCUT2D eigenvalue weighted by Gasteiger charge is 2.23. The maximum absolute atomic E-state index is 12.7. The zero-order valence-electron chi connectivity index (χ0n) is 14.4. The Bertz CT molecular complexity index is 690. The third kappa shape index (κ3) is 4.60. The zero-order valence-corrected chi connectivity index (χ0v) is 15.2. The van der Waals surface area contributed by atoms with E-state index in [9.17, 15) is 4.79 Å². The number of amides is 1. The number of carbonyl (C=O) groups excluding carboxylic acids is 1. The number of rotatable bonds is 6. The van der Waals surface area contributed by atoms with Gasteiger partial charge in [-0.3, -0.25) is 14.7 Å². The standard InChI is InChI=1S/C19H23N3O2S/c1-25-18-5-3-2-4-16(18)19(23)21-14-17(15-6-8-20-9-7-15)22-10-12-24-13-11-22/h2-9,17H,10-14H2,1H3,(H,21,23)/t17-/m1/s1. The van der Waals surface area contributed by atoms with Gasteiger partial charge in [-0.2, -0.15) is 0 Å². The summed E-state index contributed by atoms with van der Waals surface area (Å²) in [5.41, 5.74) is 1.89. The molecule has 3 rings (SSSR count). The number of ether oxygens (including phenoxy) is 1. The second-order valence-electron chi connectivity index (χ2n) is 5.85. The summed E-state index contributed by atoms with van der Waals surface area (Å²) < 4.78 is 5.47. The molecule has 6 heteroatoms. The first-order valence-corrected chi connectivity index (χ1v) is 9.65. The van der Waals surface area contributed by atoms with Crippen molar-refractivity contribution in [3.63, 3.8) is 0 Å². The molecule has 132 valence electrons. The van der Waals surface area contributed by atoms with Crippen molar-refractivity contribution in [3.8, 4) is 0 Å². The van der Waals surface area contributed by atoms with Crippen LogP contribution in [0, 0.1) is 0 Å². The molecule has 0 aliphatic carbocycles. The third-order valence-corrected chi connectivity index (χ3v) is 5.18. The number of benzene rings is 1. The fourth-order valence-corrected chi connectivity index (χ4v) is 3.64. The Morgan fingerprint density at radius 2 is 1.96 bits per heavy atom. The molecule has 1 aromatic heterocycles. The second-order valence-corrected chi connectivity index (χ2v) is 6.70. The topological polar surface area (TPSA) is 54.5 Å². The average Bonchev–Trinajstić information content (AvgIpc) is 2.69. The van der Waals surface area contributed by atoms with Crippen LogP contribution < -0.4 is 5.32 Å². The van der Waals surface area contributed by atoms with Gasteiger partial charge in [-0.05, 0) is 36.1 Å². The molecule has 25 heavy (non-hydrogen) atoms. The van der Waals surface area contributed by atoms with E-state index in [2.05, 4.69) is 15.2 Å². The highest BCUT2D eigenvalue weighted by Crippen LogP contribution is 2.22. The zero-order chi connectivity index (χ0) is 17.5. The number of pyridine rings is 1. The summed E-state index contributed by atoms with van der Waals surface area (Å²) in [5, 5.41) is 3.11. The molecule has 0 radical (unpaired) electrons. The maximum Gasteiger partial charge on any atom is 0.252 e. The average molecular weight is 357 g/mol. The Kier molecular flexibility index (Phi) is 6.44. The van der Waals surface area contributed by atoms with Crippen LogP contribution in [0.3, 0.4) is 0 Å². The molecule has 0 unspecified atom stereocenters. The molecule has 0 saturated carbocycles. The first-order chi connectivity index (χ1) is 12.3. The van der Waals surface area contributed by atoms with E-state index in [-0.39, 0.29) is 11.9 Å². The Labute approximate surface area is 152 Å². The van der Waals surface area contributed by atoms with Crippen LogP contribution in [0.25, 0.3) is 0 Å². The highest BCUT2D eigenvalue weighted by molar-refractivity contribution is 7.98. The molecule has 0 spiro atoms. The molecule has 1 N–H and O–H groups in total. The van der Waals surface area contributed by atoms with Gasteiger partial charge in [-0.1, -0.05) is 12.1 Å². The van der Waals surface area contributed by atoms with Gasteiger partial charge < -0.3 is 10.1 Å². The Balaban J connectivity index is 1.73. The lowest BCUT2D eigenvalue weighted by Crippen LogP contribution is -2.43. The lowest BCUT2D eigenvalue weighted by molar-refractivity contribution is 0.0162. The summed E-state index contributed by atoms with van der Waals surface area (Å²) in [6, 6.07) is 11.9. The van der Waals surface area contributed by atoms with Crippen molar-refractivity contribution in [1.29, 1.82) is 0 Å². The molecule has 1 saturated heterocycles. The number of hydrogen-bond donors (Lipinski definition) is 1. The lowest BCUT2D eigenvalue weighted by atomic mass is 10.1. The van der Waals surface area contributed by atoms with Gasteiger partial charge in [0.1, 0.15) is 0 Å². The molecule has 0 bridgehead atoms. The maximum atomic E-state index is 12.7. The van der Waals surface area contributed by atoms with Gasteiger partial charge in [0.15, 0.2) is 0 Å². The minimum Gasteiger partial charge on any atom is -0.379 e. The number of nitrogens with one attached hydrogen (secondary N) is 1. The molecule has 2 heterocycles. The van der Waals surface area contributed by atoms with E-state index in [0.717, 1.165) is 42.3 Å². The van der Waals surface area contributed by atoms with Crippen molar-refractivity contribution in [1.82, 2.24) is 15.2 Å². The van der Waals surface area contributed by atoms with Crippen molar-refractivity contribution in [3.05, 3.63) is 59.9 Å². The first-order valence-electron chi connectivity index (χ1n) is 8.42. The van der Waals surface area contributed by atoms with E-state index in [4.69, 9.17) is 4.74 Å². The number of thioether (sulfide) groups is 1. The molecule has 5 nitrogen and oxygen atoms in total. The molecule has 1 fully saturated rings. The molecule has 1 atom stereocenters. The number of hydrogen-bond acceptors (Lipinski definition) is 5. The Morgan fingerprint density at radius 3 is 2.68 bits per heavy atom. The van der Waals surface area contributed by atoms with E-state index in [1.807, 2.05) is 42.7 Å². The summed E-state index contributed by atoms with van der Waals surface area (Å²) in [5.74, 6) is -0.0303. The lowest BCUT2D eigenvalue weighted by Gasteiger charge is -2.34. The van der Waals surface area contributed by atoms with Crippen molar-refractivity contribution >= 4 is 17.7 Å². The van der Waals surface area contributed by atoms with Crippen LogP contribution >= 0.6 is 11.8 Å². The van der Waals surface area contributed by atoms with Gasteiger partial charge in [0, 0.05) is 36.9 Å². The van der Waals surface area contributed by atoms with Gasteiger partial charge in [-0.25, -0.2) is 0 Å². The minimum absolute atomic E-state index is 0.0303. The summed E-state index contributed by atoms with van der Waals surface area (Å²) in [6.45, 7) is 3.75. The van der Waals surface area contributed by atoms with Crippen LogP contribution in [-0.4, -0.2) is 54.9 Å².